The summed E-state index contributed by atoms with van der Waals surface area (Å²) in [7, 11) is 0. The average molecular weight is 235 g/mol. The van der Waals surface area contributed by atoms with Gasteiger partial charge in [0.15, 0.2) is 6.10 Å². The van der Waals surface area contributed by atoms with Crippen molar-refractivity contribution in [3.63, 3.8) is 0 Å². The molecule has 0 saturated heterocycles. The van der Waals surface area contributed by atoms with Gasteiger partial charge < -0.3 is 10.5 Å². The molecule has 0 aliphatic heterocycles. The number of benzene rings is 1. The van der Waals surface area contributed by atoms with Crippen molar-refractivity contribution in [2.45, 2.75) is 13.0 Å². The molecular weight excluding hydrogens is 226 g/mol. The number of rotatable bonds is 3. The summed E-state index contributed by atoms with van der Waals surface area (Å²) < 4.78 is 4.72. The fourth-order valence-corrected chi connectivity index (χ4v) is 1.10. The summed E-state index contributed by atoms with van der Waals surface area (Å²) in [6.45, 7) is 1.40. The van der Waals surface area contributed by atoms with Gasteiger partial charge in [-0.1, -0.05) is 0 Å². The van der Waals surface area contributed by atoms with Crippen molar-refractivity contribution in [2.75, 3.05) is 5.73 Å². The molecule has 0 aliphatic carbocycles. The van der Waals surface area contributed by atoms with Gasteiger partial charge >= 0.3 is 5.97 Å². The van der Waals surface area contributed by atoms with Crippen LogP contribution >= 0.6 is 0 Å². The number of nitriles is 1. The topological polar surface area (TPSA) is 119 Å². The molecule has 7 nitrogen and oxygen atoms in total. The average Bonchev–Trinajstić information content (AvgIpc) is 2.28. The van der Waals surface area contributed by atoms with E-state index < -0.39 is 17.0 Å². The number of anilines is 1. The van der Waals surface area contributed by atoms with Crippen molar-refractivity contribution in [3.8, 4) is 6.07 Å². The number of hydrogen-bond acceptors (Lipinski definition) is 6. The third-order valence-corrected chi connectivity index (χ3v) is 1.93. The van der Waals surface area contributed by atoms with Crippen LogP contribution in [0.3, 0.4) is 0 Å². The van der Waals surface area contributed by atoms with Crippen LogP contribution in [0, 0.1) is 21.4 Å². The van der Waals surface area contributed by atoms with E-state index in [1.807, 2.05) is 0 Å². The van der Waals surface area contributed by atoms with Crippen molar-refractivity contribution >= 4 is 17.3 Å². The van der Waals surface area contributed by atoms with E-state index in [0.717, 1.165) is 12.1 Å². The number of nitro groups is 1. The van der Waals surface area contributed by atoms with Crippen molar-refractivity contribution in [1.82, 2.24) is 0 Å². The van der Waals surface area contributed by atoms with Crippen molar-refractivity contribution in [1.29, 1.82) is 5.26 Å². The number of esters is 1. The second-order valence-electron chi connectivity index (χ2n) is 3.21. The summed E-state index contributed by atoms with van der Waals surface area (Å²) in [6, 6.07) is 5.12. The third kappa shape index (κ3) is 2.92. The van der Waals surface area contributed by atoms with Crippen LogP contribution < -0.4 is 5.73 Å². The Morgan fingerprint density at radius 2 is 2.29 bits per heavy atom. The van der Waals surface area contributed by atoms with Crippen LogP contribution in [-0.4, -0.2) is 17.0 Å². The SMILES string of the molecule is CC(C#N)OC(=O)c1ccc([N+](=O)[O-])cc1N. The van der Waals surface area contributed by atoms with Gasteiger partial charge in [-0.25, -0.2) is 4.79 Å². The van der Waals surface area contributed by atoms with E-state index in [2.05, 4.69) is 0 Å². The Morgan fingerprint density at radius 3 is 2.76 bits per heavy atom. The quantitative estimate of drug-likeness (QED) is 0.364. The molecule has 88 valence electrons. The monoisotopic (exact) mass is 235 g/mol. The predicted molar refractivity (Wildman–Crippen MR) is 58.0 cm³/mol. The Balaban J connectivity index is 2.97. The second-order valence-corrected chi connectivity index (χ2v) is 3.21. The molecule has 0 spiro atoms. The molecule has 0 radical (unpaired) electrons. The number of nitrogens with two attached hydrogens (primary N) is 1. The van der Waals surface area contributed by atoms with Gasteiger partial charge in [-0.05, 0) is 13.0 Å². The number of hydrogen-bond donors (Lipinski definition) is 1. The Kier molecular flexibility index (Phi) is 3.62. The normalized spacial score (nSPS) is 11.3. The molecule has 7 heteroatoms. The minimum absolute atomic E-state index is 0.00213. The highest BCUT2D eigenvalue weighted by Gasteiger charge is 2.17. The second kappa shape index (κ2) is 4.94. The summed E-state index contributed by atoms with van der Waals surface area (Å²) >= 11 is 0. The van der Waals surface area contributed by atoms with E-state index in [0.29, 0.717) is 0 Å². The molecular formula is C10H9N3O4. The number of nitro benzene ring substituents is 1. The molecule has 0 aliphatic rings. The Morgan fingerprint density at radius 1 is 1.65 bits per heavy atom. The van der Waals surface area contributed by atoms with Gasteiger partial charge in [-0.15, -0.1) is 0 Å². The maximum atomic E-state index is 11.5. The molecule has 0 saturated carbocycles. The maximum Gasteiger partial charge on any atom is 0.341 e. The highest BCUT2D eigenvalue weighted by Crippen LogP contribution is 2.20. The van der Waals surface area contributed by atoms with Gasteiger partial charge in [0.2, 0.25) is 0 Å². The van der Waals surface area contributed by atoms with Crippen LogP contribution in [0.25, 0.3) is 0 Å². The molecule has 0 heterocycles. The van der Waals surface area contributed by atoms with E-state index in [9.17, 15) is 14.9 Å². The van der Waals surface area contributed by atoms with Crippen molar-refractivity contribution < 1.29 is 14.5 Å². The standard InChI is InChI=1S/C10H9N3O4/c1-6(5-11)17-10(14)8-3-2-7(13(15)16)4-9(8)12/h2-4,6H,12H2,1H3. The first-order valence-electron chi connectivity index (χ1n) is 4.60. The molecule has 0 amide bonds. The van der Waals surface area contributed by atoms with Crippen LogP contribution in [0.5, 0.6) is 0 Å². The maximum absolute atomic E-state index is 11.5. The zero-order valence-corrected chi connectivity index (χ0v) is 8.91. The third-order valence-electron chi connectivity index (χ3n) is 1.93. The summed E-state index contributed by atoms with van der Waals surface area (Å²) in [4.78, 5) is 21.3. The van der Waals surface area contributed by atoms with E-state index >= 15 is 0 Å². The Bertz CT molecular complexity index is 507. The Labute approximate surface area is 96.6 Å². The van der Waals surface area contributed by atoms with Gasteiger partial charge in [0.1, 0.15) is 6.07 Å². The number of nitrogen functional groups attached to an aromatic ring is 1. The number of non-ortho nitro benzene ring substituents is 1. The molecule has 0 aromatic heterocycles. The zero-order valence-electron chi connectivity index (χ0n) is 8.91. The van der Waals surface area contributed by atoms with Gasteiger partial charge in [0, 0.05) is 12.1 Å². The summed E-state index contributed by atoms with van der Waals surface area (Å²) in [6.07, 6.45) is -0.905. The van der Waals surface area contributed by atoms with Gasteiger partial charge in [-0.3, -0.25) is 10.1 Å². The number of nitrogens with zero attached hydrogens (tertiary/aromatic N) is 2. The van der Waals surface area contributed by atoms with Gasteiger partial charge in [-0.2, -0.15) is 5.26 Å². The van der Waals surface area contributed by atoms with E-state index in [1.165, 1.54) is 13.0 Å². The first-order valence-corrected chi connectivity index (χ1v) is 4.60. The summed E-state index contributed by atoms with van der Waals surface area (Å²) in [5.74, 6) is -0.786. The number of ether oxygens (including phenoxy) is 1. The Hall–Kier alpha value is -2.62. The molecule has 0 bridgehead atoms. The molecule has 2 N–H and O–H groups in total. The van der Waals surface area contributed by atoms with Crippen LogP contribution in [0.4, 0.5) is 11.4 Å². The van der Waals surface area contributed by atoms with E-state index in [1.54, 1.807) is 6.07 Å². The highest BCUT2D eigenvalue weighted by atomic mass is 16.6. The summed E-state index contributed by atoms with van der Waals surface area (Å²) in [5, 5.41) is 18.9. The highest BCUT2D eigenvalue weighted by molar-refractivity contribution is 5.95. The molecule has 1 rings (SSSR count). The van der Waals surface area contributed by atoms with Gasteiger partial charge in [0.05, 0.1) is 16.2 Å². The lowest BCUT2D eigenvalue weighted by Crippen LogP contribution is -2.14. The van der Waals surface area contributed by atoms with Crippen LogP contribution in [0.1, 0.15) is 17.3 Å². The number of carbonyl (C=O) groups is 1. The molecule has 17 heavy (non-hydrogen) atoms. The van der Waals surface area contributed by atoms with Gasteiger partial charge in [0.25, 0.3) is 5.69 Å². The lowest BCUT2D eigenvalue weighted by atomic mass is 10.1. The predicted octanol–water partition coefficient (Wildman–Crippen LogP) is 1.25. The molecule has 1 aromatic carbocycles. The number of carbonyl (C=O) groups excluding carboxylic acids is 1. The first kappa shape index (κ1) is 12.4. The fourth-order valence-electron chi connectivity index (χ4n) is 1.10. The van der Waals surface area contributed by atoms with Crippen molar-refractivity contribution in [3.05, 3.63) is 33.9 Å². The summed E-state index contributed by atoms with van der Waals surface area (Å²) in [5.41, 5.74) is 5.21. The lowest BCUT2D eigenvalue weighted by Gasteiger charge is -2.07. The largest absolute Gasteiger partial charge is 0.444 e. The van der Waals surface area contributed by atoms with Crippen LogP contribution in [0.2, 0.25) is 0 Å². The van der Waals surface area contributed by atoms with E-state index in [-0.39, 0.29) is 16.9 Å². The molecule has 0 fully saturated rings. The van der Waals surface area contributed by atoms with E-state index in [4.69, 9.17) is 15.7 Å². The fraction of sp³-hybridized carbons (Fsp3) is 0.200. The van der Waals surface area contributed by atoms with Crippen LogP contribution in [-0.2, 0) is 4.74 Å². The molecule has 1 unspecified atom stereocenters. The first-order chi connectivity index (χ1) is 7.95. The zero-order chi connectivity index (χ0) is 13.0. The molecule has 1 aromatic rings. The molecule has 1 atom stereocenters. The van der Waals surface area contributed by atoms with Crippen LogP contribution in [0.15, 0.2) is 18.2 Å². The minimum Gasteiger partial charge on any atom is -0.444 e. The lowest BCUT2D eigenvalue weighted by molar-refractivity contribution is -0.384. The van der Waals surface area contributed by atoms with Crippen molar-refractivity contribution in [2.24, 2.45) is 0 Å². The minimum atomic E-state index is -0.905. The smallest absolute Gasteiger partial charge is 0.341 e.